The number of imide groups is 1. The van der Waals surface area contributed by atoms with Gasteiger partial charge in [0.05, 0.1) is 11.6 Å². The Bertz CT molecular complexity index is 984. The highest BCUT2D eigenvalue weighted by Crippen LogP contribution is 2.33. The Labute approximate surface area is 166 Å². The second-order valence-electron chi connectivity index (χ2n) is 6.33. The van der Waals surface area contributed by atoms with E-state index in [-0.39, 0.29) is 0 Å². The molecule has 3 rings (SSSR count). The van der Waals surface area contributed by atoms with E-state index in [0.717, 1.165) is 4.90 Å². The van der Waals surface area contributed by atoms with Gasteiger partial charge in [-0.1, -0.05) is 36.7 Å². The summed E-state index contributed by atoms with van der Waals surface area (Å²) in [6, 6.07) is 14.4. The van der Waals surface area contributed by atoms with Crippen LogP contribution in [0, 0.1) is 11.3 Å². The smallest absolute Gasteiger partial charge is 0.324 e. The van der Waals surface area contributed by atoms with Gasteiger partial charge in [-0.3, -0.25) is 14.5 Å². The molecule has 7 nitrogen and oxygen atoms in total. The number of hydrogen-bond acceptors (Lipinski definition) is 4. The molecule has 4 amide bonds. The topological polar surface area (TPSA) is 102 Å². The zero-order chi connectivity index (χ0) is 20.3. The van der Waals surface area contributed by atoms with Crippen molar-refractivity contribution < 1.29 is 14.4 Å². The highest BCUT2D eigenvalue weighted by atomic mass is 35.5. The Morgan fingerprint density at radius 2 is 1.96 bits per heavy atom. The quantitative estimate of drug-likeness (QED) is 0.758. The van der Waals surface area contributed by atoms with Crippen molar-refractivity contribution in [1.82, 2.24) is 10.2 Å². The minimum Gasteiger partial charge on any atom is -0.324 e. The van der Waals surface area contributed by atoms with Crippen LogP contribution in [0.2, 0.25) is 5.02 Å². The minimum absolute atomic E-state index is 0.321. The molecule has 142 valence electrons. The Hall–Kier alpha value is -3.37. The average Bonchev–Trinajstić information content (AvgIpc) is 2.93. The van der Waals surface area contributed by atoms with Gasteiger partial charge in [0, 0.05) is 10.7 Å². The van der Waals surface area contributed by atoms with Gasteiger partial charge < -0.3 is 10.6 Å². The summed E-state index contributed by atoms with van der Waals surface area (Å²) in [7, 11) is 0. The monoisotopic (exact) mass is 396 g/mol. The lowest BCUT2D eigenvalue weighted by molar-refractivity contribution is -0.134. The fourth-order valence-electron chi connectivity index (χ4n) is 3.15. The third-order valence-corrected chi connectivity index (χ3v) is 4.87. The standard InChI is InChI=1S/C20H17ClN4O3/c1-2-20(14-6-8-15(21)9-7-14)18(27)25(19(28)24-20)12-17(26)23-16-5-3-4-13(10-16)11-22/h3-10H,2,12H2,1H3,(H,23,26)(H,24,28)/t20-/m0/s1. The molecule has 0 saturated carbocycles. The number of nitrogens with zero attached hydrogens (tertiary/aromatic N) is 2. The van der Waals surface area contributed by atoms with Gasteiger partial charge in [-0.25, -0.2) is 4.79 Å². The lowest BCUT2D eigenvalue weighted by Crippen LogP contribution is -2.44. The van der Waals surface area contributed by atoms with E-state index in [1.165, 1.54) is 6.07 Å². The van der Waals surface area contributed by atoms with Crippen LogP contribution in [-0.2, 0) is 15.1 Å². The molecule has 28 heavy (non-hydrogen) atoms. The van der Waals surface area contributed by atoms with Crippen LogP contribution < -0.4 is 10.6 Å². The van der Waals surface area contributed by atoms with Gasteiger partial charge in [-0.15, -0.1) is 0 Å². The number of carbonyl (C=O) groups is 3. The number of hydrogen-bond donors (Lipinski definition) is 2. The molecule has 1 aliphatic heterocycles. The first kappa shape index (κ1) is 19.4. The molecule has 1 aliphatic rings. The van der Waals surface area contributed by atoms with Crippen LogP contribution in [-0.4, -0.2) is 29.3 Å². The molecule has 0 aromatic heterocycles. The molecule has 1 saturated heterocycles. The lowest BCUT2D eigenvalue weighted by atomic mass is 9.87. The third-order valence-electron chi connectivity index (χ3n) is 4.62. The van der Waals surface area contributed by atoms with E-state index in [1.54, 1.807) is 49.4 Å². The van der Waals surface area contributed by atoms with E-state index >= 15 is 0 Å². The second kappa shape index (κ2) is 7.71. The summed E-state index contributed by atoms with van der Waals surface area (Å²) in [5.74, 6) is -1.04. The van der Waals surface area contributed by atoms with Crippen LogP contribution in [0.3, 0.4) is 0 Å². The highest BCUT2D eigenvalue weighted by Gasteiger charge is 2.51. The summed E-state index contributed by atoms with van der Waals surface area (Å²) in [6.45, 7) is 1.35. The summed E-state index contributed by atoms with van der Waals surface area (Å²) >= 11 is 5.91. The number of nitrogens with one attached hydrogen (secondary N) is 2. The molecule has 0 spiro atoms. The summed E-state index contributed by atoms with van der Waals surface area (Å²) in [4.78, 5) is 38.7. The second-order valence-corrected chi connectivity index (χ2v) is 6.76. The Morgan fingerprint density at radius 1 is 1.25 bits per heavy atom. The molecular formula is C20H17ClN4O3. The van der Waals surface area contributed by atoms with Crippen LogP contribution in [0.15, 0.2) is 48.5 Å². The first-order valence-electron chi connectivity index (χ1n) is 8.60. The van der Waals surface area contributed by atoms with E-state index in [9.17, 15) is 14.4 Å². The van der Waals surface area contributed by atoms with Gasteiger partial charge in [-0.2, -0.15) is 5.26 Å². The fraction of sp³-hybridized carbons (Fsp3) is 0.200. The van der Waals surface area contributed by atoms with Crippen molar-refractivity contribution in [3.8, 4) is 6.07 Å². The van der Waals surface area contributed by atoms with Gasteiger partial charge in [0.15, 0.2) is 0 Å². The minimum atomic E-state index is -1.23. The van der Waals surface area contributed by atoms with Gasteiger partial charge in [0.2, 0.25) is 5.91 Å². The molecule has 2 N–H and O–H groups in total. The van der Waals surface area contributed by atoms with E-state index in [4.69, 9.17) is 16.9 Å². The number of rotatable bonds is 5. The molecule has 1 fully saturated rings. The fourth-order valence-corrected chi connectivity index (χ4v) is 3.28. The Morgan fingerprint density at radius 3 is 2.61 bits per heavy atom. The summed E-state index contributed by atoms with van der Waals surface area (Å²) < 4.78 is 0. The van der Waals surface area contributed by atoms with Crippen LogP contribution in [0.25, 0.3) is 0 Å². The summed E-state index contributed by atoms with van der Waals surface area (Å²) in [5.41, 5.74) is 0.168. The highest BCUT2D eigenvalue weighted by molar-refractivity contribution is 6.30. The van der Waals surface area contributed by atoms with Crippen molar-refractivity contribution in [2.24, 2.45) is 0 Å². The lowest BCUT2D eigenvalue weighted by Gasteiger charge is -2.25. The number of anilines is 1. The van der Waals surface area contributed by atoms with E-state index in [2.05, 4.69) is 10.6 Å². The van der Waals surface area contributed by atoms with Gasteiger partial charge >= 0.3 is 6.03 Å². The zero-order valence-corrected chi connectivity index (χ0v) is 15.8. The maximum atomic E-state index is 13.0. The number of urea groups is 1. The number of nitriles is 1. The first-order valence-corrected chi connectivity index (χ1v) is 8.97. The Balaban J connectivity index is 1.78. The number of benzene rings is 2. The van der Waals surface area contributed by atoms with Crippen LogP contribution in [0.5, 0.6) is 0 Å². The van der Waals surface area contributed by atoms with Gasteiger partial charge in [0.25, 0.3) is 5.91 Å². The number of halogens is 1. The average molecular weight is 397 g/mol. The van der Waals surface area contributed by atoms with Gasteiger partial charge in [0.1, 0.15) is 12.1 Å². The molecule has 8 heteroatoms. The van der Waals surface area contributed by atoms with Crippen molar-refractivity contribution in [2.75, 3.05) is 11.9 Å². The molecule has 2 aromatic carbocycles. The number of carbonyl (C=O) groups excluding carboxylic acids is 3. The van der Waals surface area contributed by atoms with Crippen molar-refractivity contribution in [3.63, 3.8) is 0 Å². The molecule has 0 bridgehead atoms. The van der Waals surface area contributed by atoms with E-state index in [1.807, 2.05) is 6.07 Å². The first-order chi connectivity index (χ1) is 13.4. The zero-order valence-electron chi connectivity index (χ0n) is 15.0. The van der Waals surface area contributed by atoms with Crippen LogP contribution in [0.4, 0.5) is 10.5 Å². The number of amides is 4. The van der Waals surface area contributed by atoms with Crippen molar-refractivity contribution in [3.05, 3.63) is 64.7 Å². The molecule has 0 aliphatic carbocycles. The molecule has 1 heterocycles. The van der Waals surface area contributed by atoms with E-state index in [0.29, 0.717) is 28.3 Å². The van der Waals surface area contributed by atoms with Crippen molar-refractivity contribution >= 4 is 35.1 Å². The third kappa shape index (κ3) is 3.55. The largest absolute Gasteiger partial charge is 0.325 e. The van der Waals surface area contributed by atoms with Crippen LogP contribution in [0.1, 0.15) is 24.5 Å². The van der Waals surface area contributed by atoms with Crippen LogP contribution >= 0.6 is 11.6 Å². The van der Waals surface area contributed by atoms with Crippen molar-refractivity contribution in [2.45, 2.75) is 18.9 Å². The summed E-state index contributed by atoms with van der Waals surface area (Å²) in [5, 5.41) is 14.8. The Kier molecular flexibility index (Phi) is 5.34. The maximum Gasteiger partial charge on any atom is 0.325 e. The normalized spacial score (nSPS) is 18.5. The predicted molar refractivity (Wildman–Crippen MR) is 103 cm³/mol. The molecule has 0 radical (unpaired) electrons. The van der Waals surface area contributed by atoms with Crippen molar-refractivity contribution in [1.29, 1.82) is 5.26 Å². The molecular weight excluding hydrogens is 380 g/mol. The summed E-state index contributed by atoms with van der Waals surface area (Å²) in [6.07, 6.45) is 0.321. The van der Waals surface area contributed by atoms with Gasteiger partial charge in [-0.05, 0) is 42.3 Å². The molecule has 0 unspecified atom stereocenters. The predicted octanol–water partition coefficient (Wildman–Crippen LogP) is 3.01. The SMILES string of the molecule is CC[C@@]1(c2ccc(Cl)cc2)NC(=O)N(CC(=O)Nc2cccc(C#N)c2)C1=O. The van der Waals surface area contributed by atoms with E-state index < -0.39 is 29.9 Å². The maximum absolute atomic E-state index is 13.0. The molecule has 2 aromatic rings. The molecule has 1 atom stereocenters.